The molecule has 2 rings (SSSR count). The molecule has 0 amide bonds. The highest BCUT2D eigenvalue weighted by Gasteiger charge is 2.40. The zero-order valence-corrected chi connectivity index (χ0v) is 13.3. The zero-order valence-electron chi connectivity index (χ0n) is 13.3. The normalized spacial score (nSPS) is 18.0. The van der Waals surface area contributed by atoms with Gasteiger partial charge in [0.1, 0.15) is 0 Å². The number of nitrogens with zero attached hydrogens (tertiary/aromatic N) is 1. The Hall–Kier alpha value is -1.51. The SMILES string of the molecule is CCN(CC1(C(=O)O)CCCCCC1)c1ccccc1C. The van der Waals surface area contributed by atoms with Crippen molar-refractivity contribution in [3.8, 4) is 0 Å². The number of carbonyl (C=O) groups is 1. The summed E-state index contributed by atoms with van der Waals surface area (Å²) in [6.45, 7) is 5.68. The molecule has 21 heavy (non-hydrogen) atoms. The van der Waals surface area contributed by atoms with E-state index in [-0.39, 0.29) is 0 Å². The summed E-state index contributed by atoms with van der Waals surface area (Å²) < 4.78 is 0. The van der Waals surface area contributed by atoms with Crippen molar-refractivity contribution >= 4 is 11.7 Å². The highest BCUT2D eigenvalue weighted by molar-refractivity contribution is 5.76. The van der Waals surface area contributed by atoms with Gasteiger partial charge in [0, 0.05) is 18.8 Å². The summed E-state index contributed by atoms with van der Waals surface area (Å²) in [5, 5.41) is 9.85. The van der Waals surface area contributed by atoms with Gasteiger partial charge in [0.2, 0.25) is 0 Å². The molecule has 0 bridgehead atoms. The summed E-state index contributed by atoms with van der Waals surface area (Å²) in [4.78, 5) is 14.2. The van der Waals surface area contributed by atoms with Crippen LogP contribution in [0.15, 0.2) is 24.3 Å². The van der Waals surface area contributed by atoms with Crippen molar-refractivity contribution in [3.63, 3.8) is 0 Å². The van der Waals surface area contributed by atoms with E-state index >= 15 is 0 Å². The minimum absolute atomic E-state index is 0.575. The van der Waals surface area contributed by atoms with Crippen LogP contribution in [0, 0.1) is 12.3 Å². The lowest BCUT2D eigenvalue weighted by molar-refractivity contribution is -0.149. The Labute approximate surface area is 128 Å². The highest BCUT2D eigenvalue weighted by atomic mass is 16.4. The molecule has 0 heterocycles. The van der Waals surface area contributed by atoms with Crippen molar-refractivity contribution in [1.82, 2.24) is 0 Å². The van der Waals surface area contributed by atoms with Crippen LogP contribution in [0.5, 0.6) is 0 Å². The van der Waals surface area contributed by atoms with E-state index in [2.05, 4.69) is 30.9 Å². The van der Waals surface area contributed by atoms with E-state index in [1.54, 1.807) is 0 Å². The van der Waals surface area contributed by atoms with Gasteiger partial charge in [-0.3, -0.25) is 4.79 Å². The first-order chi connectivity index (χ1) is 10.1. The molecule has 0 aliphatic heterocycles. The number of aryl methyl sites for hydroxylation is 1. The van der Waals surface area contributed by atoms with Crippen LogP contribution in [0.2, 0.25) is 0 Å². The molecule has 116 valence electrons. The molecule has 1 fully saturated rings. The minimum atomic E-state index is -0.614. The summed E-state index contributed by atoms with van der Waals surface area (Å²) in [6, 6.07) is 8.26. The monoisotopic (exact) mass is 289 g/mol. The van der Waals surface area contributed by atoms with Crippen LogP contribution in [0.1, 0.15) is 51.0 Å². The molecule has 1 aliphatic rings. The van der Waals surface area contributed by atoms with Gasteiger partial charge in [-0.2, -0.15) is 0 Å². The van der Waals surface area contributed by atoms with Crippen LogP contribution in [-0.2, 0) is 4.79 Å². The largest absolute Gasteiger partial charge is 0.481 e. The summed E-state index contributed by atoms with van der Waals surface area (Å²) >= 11 is 0. The van der Waals surface area contributed by atoms with Crippen molar-refractivity contribution in [2.75, 3.05) is 18.0 Å². The number of hydrogen-bond acceptors (Lipinski definition) is 2. The Morgan fingerprint density at radius 3 is 2.33 bits per heavy atom. The molecule has 3 nitrogen and oxygen atoms in total. The lowest BCUT2D eigenvalue weighted by Crippen LogP contribution is -2.43. The van der Waals surface area contributed by atoms with E-state index in [4.69, 9.17) is 0 Å². The van der Waals surface area contributed by atoms with Crippen LogP contribution in [-0.4, -0.2) is 24.2 Å². The second-order valence-electron chi connectivity index (χ2n) is 6.30. The zero-order chi connectivity index (χ0) is 15.3. The maximum Gasteiger partial charge on any atom is 0.311 e. The van der Waals surface area contributed by atoms with Crippen LogP contribution < -0.4 is 4.90 Å². The number of benzene rings is 1. The number of hydrogen-bond donors (Lipinski definition) is 1. The molecule has 1 N–H and O–H groups in total. The molecule has 1 saturated carbocycles. The van der Waals surface area contributed by atoms with Gasteiger partial charge in [-0.15, -0.1) is 0 Å². The van der Waals surface area contributed by atoms with Crippen molar-refractivity contribution < 1.29 is 9.90 Å². The van der Waals surface area contributed by atoms with Gasteiger partial charge >= 0.3 is 5.97 Å². The quantitative estimate of drug-likeness (QED) is 0.824. The van der Waals surface area contributed by atoms with Gasteiger partial charge < -0.3 is 10.0 Å². The summed E-state index contributed by atoms with van der Waals surface area (Å²) in [5.41, 5.74) is 1.81. The Balaban J connectivity index is 2.25. The number of carboxylic acid groups (broad SMARTS) is 1. The third-order valence-electron chi connectivity index (χ3n) is 4.85. The Morgan fingerprint density at radius 2 is 1.81 bits per heavy atom. The molecule has 0 aromatic heterocycles. The molecule has 0 unspecified atom stereocenters. The van der Waals surface area contributed by atoms with E-state index in [1.165, 1.54) is 24.1 Å². The molecule has 0 spiro atoms. The highest BCUT2D eigenvalue weighted by Crippen LogP contribution is 2.37. The second-order valence-corrected chi connectivity index (χ2v) is 6.30. The molecule has 3 heteroatoms. The predicted molar refractivity (Wildman–Crippen MR) is 86.8 cm³/mol. The number of aliphatic carboxylic acids is 1. The molecule has 0 saturated heterocycles. The van der Waals surface area contributed by atoms with Crippen molar-refractivity contribution in [2.45, 2.75) is 52.4 Å². The first kappa shape index (κ1) is 15.9. The number of carboxylic acids is 1. The maximum absolute atomic E-state index is 12.0. The van der Waals surface area contributed by atoms with Gasteiger partial charge in [-0.1, -0.05) is 43.9 Å². The fourth-order valence-corrected chi connectivity index (χ4v) is 3.50. The van der Waals surface area contributed by atoms with Crippen LogP contribution in [0.25, 0.3) is 0 Å². The first-order valence-electron chi connectivity index (χ1n) is 8.13. The minimum Gasteiger partial charge on any atom is -0.481 e. The van der Waals surface area contributed by atoms with Crippen LogP contribution in [0.4, 0.5) is 5.69 Å². The van der Waals surface area contributed by atoms with Crippen molar-refractivity contribution in [3.05, 3.63) is 29.8 Å². The fraction of sp³-hybridized carbons (Fsp3) is 0.611. The Kier molecular flexibility index (Phi) is 5.27. The van der Waals surface area contributed by atoms with Crippen molar-refractivity contribution in [1.29, 1.82) is 0 Å². The summed E-state index contributed by atoms with van der Waals surface area (Å²) in [5.74, 6) is -0.614. The van der Waals surface area contributed by atoms with E-state index < -0.39 is 11.4 Å². The maximum atomic E-state index is 12.0. The number of rotatable bonds is 5. The standard InChI is InChI=1S/C18H27NO2/c1-3-19(16-11-7-6-10-15(16)2)14-18(17(20)21)12-8-4-5-9-13-18/h6-7,10-11H,3-5,8-9,12-14H2,1-2H3,(H,20,21). The summed E-state index contributed by atoms with van der Waals surface area (Å²) in [6.07, 6.45) is 6.04. The van der Waals surface area contributed by atoms with Crippen LogP contribution >= 0.6 is 0 Å². The van der Waals surface area contributed by atoms with Gasteiger partial charge in [0.25, 0.3) is 0 Å². The number of anilines is 1. The van der Waals surface area contributed by atoms with E-state index in [9.17, 15) is 9.90 Å². The third kappa shape index (κ3) is 3.58. The average Bonchev–Trinajstić information content (AvgIpc) is 2.72. The van der Waals surface area contributed by atoms with E-state index in [1.807, 2.05) is 12.1 Å². The van der Waals surface area contributed by atoms with Crippen LogP contribution in [0.3, 0.4) is 0 Å². The molecule has 0 radical (unpaired) electrons. The lowest BCUT2D eigenvalue weighted by atomic mass is 9.79. The first-order valence-corrected chi connectivity index (χ1v) is 8.13. The number of para-hydroxylation sites is 1. The smallest absolute Gasteiger partial charge is 0.311 e. The third-order valence-corrected chi connectivity index (χ3v) is 4.85. The Bertz CT molecular complexity index is 476. The summed E-state index contributed by atoms with van der Waals surface area (Å²) in [7, 11) is 0. The average molecular weight is 289 g/mol. The lowest BCUT2D eigenvalue weighted by Gasteiger charge is -2.36. The van der Waals surface area contributed by atoms with Gasteiger partial charge in [0.15, 0.2) is 0 Å². The fourth-order valence-electron chi connectivity index (χ4n) is 3.50. The van der Waals surface area contributed by atoms with E-state index in [0.29, 0.717) is 6.54 Å². The molecular formula is C18H27NO2. The molecule has 1 aromatic carbocycles. The van der Waals surface area contributed by atoms with Gasteiger partial charge in [-0.25, -0.2) is 0 Å². The van der Waals surface area contributed by atoms with Gasteiger partial charge in [-0.05, 0) is 38.3 Å². The van der Waals surface area contributed by atoms with E-state index in [0.717, 1.165) is 32.2 Å². The molecular weight excluding hydrogens is 262 g/mol. The molecule has 1 aliphatic carbocycles. The van der Waals surface area contributed by atoms with Gasteiger partial charge in [0.05, 0.1) is 5.41 Å². The van der Waals surface area contributed by atoms with Crippen molar-refractivity contribution in [2.24, 2.45) is 5.41 Å². The Morgan fingerprint density at radius 1 is 1.19 bits per heavy atom. The predicted octanol–water partition coefficient (Wildman–Crippen LogP) is 4.25. The topological polar surface area (TPSA) is 40.5 Å². The molecule has 1 aromatic rings. The molecule has 0 atom stereocenters. The second kappa shape index (κ2) is 6.97.